The van der Waals surface area contributed by atoms with E-state index in [1.54, 1.807) is 49.4 Å². The summed E-state index contributed by atoms with van der Waals surface area (Å²) >= 11 is 3.32. The van der Waals surface area contributed by atoms with Crippen molar-refractivity contribution in [3.63, 3.8) is 0 Å². The molecule has 0 aromatic heterocycles. The molecule has 0 aliphatic rings. The third-order valence-corrected chi connectivity index (χ3v) is 4.47. The van der Waals surface area contributed by atoms with Crippen LogP contribution in [0.1, 0.15) is 58.8 Å². The van der Waals surface area contributed by atoms with E-state index in [0.29, 0.717) is 26.9 Å². The summed E-state index contributed by atoms with van der Waals surface area (Å²) in [6.45, 7) is 7.59. The average Bonchev–Trinajstić information content (AvgIpc) is 2.60. The van der Waals surface area contributed by atoms with Gasteiger partial charge in [0.25, 0.3) is 5.91 Å². The van der Waals surface area contributed by atoms with E-state index in [-0.39, 0.29) is 18.3 Å². The van der Waals surface area contributed by atoms with E-state index in [2.05, 4.69) is 21.2 Å². The molecule has 2 aromatic carbocycles. The SMILES string of the molecule is CCOC(=O)c1ccc(NC(=O)c2ccc(C(=O)C(C)(C)C)cc2)cc1Br. The number of anilines is 1. The van der Waals surface area contributed by atoms with Gasteiger partial charge in [-0.15, -0.1) is 0 Å². The first-order valence-electron chi connectivity index (χ1n) is 8.56. The van der Waals surface area contributed by atoms with Crippen LogP contribution < -0.4 is 5.32 Å². The summed E-state index contributed by atoms with van der Waals surface area (Å²) in [6, 6.07) is 11.4. The van der Waals surface area contributed by atoms with Gasteiger partial charge in [-0.05, 0) is 53.2 Å². The lowest BCUT2D eigenvalue weighted by atomic mass is 9.86. The van der Waals surface area contributed by atoms with Crippen molar-refractivity contribution in [2.24, 2.45) is 5.41 Å². The van der Waals surface area contributed by atoms with Crippen LogP contribution in [0.5, 0.6) is 0 Å². The third-order valence-electron chi connectivity index (χ3n) is 3.81. The van der Waals surface area contributed by atoms with Crippen LogP contribution >= 0.6 is 15.9 Å². The van der Waals surface area contributed by atoms with E-state index >= 15 is 0 Å². The summed E-state index contributed by atoms with van der Waals surface area (Å²) in [5.41, 5.74) is 1.46. The monoisotopic (exact) mass is 431 g/mol. The molecular weight excluding hydrogens is 410 g/mol. The predicted molar refractivity (Wildman–Crippen MR) is 108 cm³/mol. The van der Waals surface area contributed by atoms with Crippen molar-refractivity contribution in [3.05, 3.63) is 63.6 Å². The van der Waals surface area contributed by atoms with E-state index in [9.17, 15) is 14.4 Å². The summed E-state index contributed by atoms with van der Waals surface area (Å²) < 4.78 is 5.50. The van der Waals surface area contributed by atoms with Crippen LogP contribution in [0.2, 0.25) is 0 Å². The Morgan fingerprint density at radius 3 is 2.11 bits per heavy atom. The van der Waals surface area contributed by atoms with Crippen LogP contribution in [0.4, 0.5) is 5.69 Å². The molecule has 0 heterocycles. The van der Waals surface area contributed by atoms with Crippen LogP contribution in [0, 0.1) is 5.41 Å². The first-order chi connectivity index (χ1) is 12.6. The van der Waals surface area contributed by atoms with Gasteiger partial charge >= 0.3 is 5.97 Å². The molecule has 27 heavy (non-hydrogen) atoms. The average molecular weight is 432 g/mol. The number of ketones is 1. The number of rotatable bonds is 5. The van der Waals surface area contributed by atoms with Crippen LogP contribution in [-0.4, -0.2) is 24.3 Å². The van der Waals surface area contributed by atoms with Crippen molar-refractivity contribution < 1.29 is 19.1 Å². The molecule has 0 atom stereocenters. The maximum Gasteiger partial charge on any atom is 0.339 e. The Bertz CT molecular complexity index is 867. The molecule has 0 bridgehead atoms. The van der Waals surface area contributed by atoms with Gasteiger partial charge in [-0.25, -0.2) is 4.79 Å². The van der Waals surface area contributed by atoms with Gasteiger partial charge in [0.15, 0.2) is 5.78 Å². The first-order valence-corrected chi connectivity index (χ1v) is 9.35. The van der Waals surface area contributed by atoms with Crippen LogP contribution in [0.3, 0.4) is 0 Å². The Balaban J connectivity index is 2.12. The summed E-state index contributed by atoms with van der Waals surface area (Å²) in [5, 5.41) is 2.77. The maximum atomic E-state index is 12.4. The summed E-state index contributed by atoms with van der Waals surface area (Å²) in [6.07, 6.45) is 0. The number of ether oxygens (including phenoxy) is 1. The minimum absolute atomic E-state index is 0.0212. The Labute approximate surface area is 167 Å². The minimum Gasteiger partial charge on any atom is -0.462 e. The zero-order valence-electron chi connectivity index (χ0n) is 15.8. The number of carbonyl (C=O) groups excluding carboxylic acids is 3. The lowest BCUT2D eigenvalue weighted by Crippen LogP contribution is -2.20. The Morgan fingerprint density at radius 2 is 1.59 bits per heavy atom. The van der Waals surface area contributed by atoms with Crippen molar-refractivity contribution >= 4 is 39.3 Å². The van der Waals surface area contributed by atoms with Crippen molar-refractivity contribution in [2.75, 3.05) is 11.9 Å². The van der Waals surface area contributed by atoms with Gasteiger partial charge in [0, 0.05) is 26.7 Å². The quantitative estimate of drug-likeness (QED) is 0.527. The Hall–Kier alpha value is -2.47. The second-order valence-corrected chi connectivity index (χ2v) is 7.88. The van der Waals surface area contributed by atoms with Gasteiger partial charge in [0.05, 0.1) is 12.2 Å². The highest BCUT2D eigenvalue weighted by Crippen LogP contribution is 2.24. The van der Waals surface area contributed by atoms with E-state index in [1.807, 2.05) is 20.8 Å². The number of amides is 1. The number of halogens is 1. The molecule has 0 aliphatic carbocycles. The molecule has 0 spiro atoms. The molecular formula is C21H22BrNO4. The number of carbonyl (C=O) groups is 3. The second-order valence-electron chi connectivity index (χ2n) is 7.03. The lowest BCUT2D eigenvalue weighted by Gasteiger charge is -2.16. The molecule has 5 nitrogen and oxygen atoms in total. The first kappa shape index (κ1) is 20.8. The molecule has 0 saturated heterocycles. The van der Waals surface area contributed by atoms with Crippen LogP contribution in [-0.2, 0) is 4.74 Å². The number of benzene rings is 2. The van der Waals surface area contributed by atoms with E-state index in [0.717, 1.165) is 0 Å². The van der Waals surface area contributed by atoms with Gasteiger partial charge in [0.2, 0.25) is 0 Å². The molecule has 0 unspecified atom stereocenters. The molecule has 142 valence electrons. The molecule has 2 aromatic rings. The molecule has 0 aliphatic heterocycles. The number of hydrogen-bond donors (Lipinski definition) is 1. The third kappa shape index (κ3) is 5.26. The van der Waals surface area contributed by atoms with Gasteiger partial charge in [-0.3, -0.25) is 9.59 Å². The molecule has 0 saturated carbocycles. The van der Waals surface area contributed by atoms with E-state index in [1.165, 1.54) is 0 Å². The molecule has 1 amide bonds. The summed E-state index contributed by atoms with van der Waals surface area (Å²) in [5.74, 6) is -0.713. The molecule has 1 N–H and O–H groups in total. The van der Waals surface area contributed by atoms with Crippen LogP contribution in [0.25, 0.3) is 0 Å². The van der Waals surface area contributed by atoms with Crippen molar-refractivity contribution in [2.45, 2.75) is 27.7 Å². The number of nitrogens with one attached hydrogen (secondary N) is 1. The van der Waals surface area contributed by atoms with Gasteiger partial charge in [-0.2, -0.15) is 0 Å². The zero-order chi connectivity index (χ0) is 20.2. The summed E-state index contributed by atoms with van der Waals surface area (Å²) in [4.78, 5) is 36.5. The zero-order valence-corrected chi connectivity index (χ0v) is 17.3. The van der Waals surface area contributed by atoms with E-state index in [4.69, 9.17) is 4.74 Å². The Morgan fingerprint density at radius 1 is 1.00 bits per heavy atom. The molecule has 0 radical (unpaired) electrons. The van der Waals surface area contributed by atoms with Gasteiger partial charge < -0.3 is 10.1 Å². The molecule has 6 heteroatoms. The highest BCUT2D eigenvalue weighted by atomic mass is 79.9. The highest BCUT2D eigenvalue weighted by Gasteiger charge is 2.23. The fourth-order valence-electron chi connectivity index (χ4n) is 2.38. The maximum absolute atomic E-state index is 12.4. The van der Waals surface area contributed by atoms with Crippen molar-refractivity contribution in [3.8, 4) is 0 Å². The lowest BCUT2D eigenvalue weighted by molar-refractivity contribution is 0.0525. The Kier molecular flexibility index (Phi) is 6.54. The normalized spacial score (nSPS) is 11.0. The molecule has 0 fully saturated rings. The number of hydrogen-bond acceptors (Lipinski definition) is 4. The van der Waals surface area contributed by atoms with Crippen molar-refractivity contribution in [1.82, 2.24) is 0 Å². The standard InChI is InChI=1S/C21H22BrNO4/c1-5-27-20(26)16-11-10-15(12-17(16)22)23-19(25)14-8-6-13(7-9-14)18(24)21(2,3)4/h6-12H,5H2,1-4H3,(H,23,25). The number of esters is 1. The minimum atomic E-state index is -0.475. The topological polar surface area (TPSA) is 72.5 Å². The smallest absolute Gasteiger partial charge is 0.339 e. The fourth-order valence-corrected chi connectivity index (χ4v) is 2.92. The summed E-state index contributed by atoms with van der Waals surface area (Å²) in [7, 11) is 0. The fraction of sp³-hybridized carbons (Fsp3) is 0.286. The van der Waals surface area contributed by atoms with Crippen molar-refractivity contribution in [1.29, 1.82) is 0 Å². The van der Waals surface area contributed by atoms with E-state index < -0.39 is 11.4 Å². The predicted octanol–water partition coefficient (Wildman–Crippen LogP) is 5.11. The number of Topliss-reactive ketones (excluding diaryl/α,β-unsaturated/α-hetero) is 1. The largest absolute Gasteiger partial charge is 0.462 e. The van der Waals surface area contributed by atoms with Gasteiger partial charge in [-0.1, -0.05) is 32.9 Å². The van der Waals surface area contributed by atoms with Crippen LogP contribution in [0.15, 0.2) is 46.9 Å². The molecule has 2 rings (SSSR count). The second kappa shape index (κ2) is 8.48. The van der Waals surface area contributed by atoms with Gasteiger partial charge in [0.1, 0.15) is 0 Å². The highest BCUT2D eigenvalue weighted by molar-refractivity contribution is 9.10.